The Morgan fingerprint density at radius 2 is 2.25 bits per heavy atom. The first-order valence-electron chi connectivity index (χ1n) is 4.63. The van der Waals surface area contributed by atoms with Crippen LogP contribution in [-0.2, 0) is 0 Å². The normalized spacial score (nSPS) is 12.4. The van der Waals surface area contributed by atoms with Crippen LogP contribution in [0.4, 0.5) is 0 Å². The van der Waals surface area contributed by atoms with E-state index in [1.54, 1.807) is 37.7 Å². The summed E-state index contributed by atoms with van der Waals surface area (Å²) < 4.78 is 5.80. The standard InChI is InChI=1S/C11H10ClNO2S/c1-15-8-6-13-5-4-7(8)11(14)9-2-3-10(12)16-9/h2-6,11,14H,1H3. The average Bonchev–Trinajstić information content (AvgIpc) is 2.75. The van der Waals surface area contributed by atoms with Crippen molar-refractivity contribution in [2.24, 2.45) is 0 Å². The SMILES string of the molecule is COc1cnccc1C(O)c1ccc(Cl)s1. The third-order valence-corrected chi connectivity index (χ3v) is 3.48. The fourth-order valence-corrected chi connectivity index (χ4v) is 2.48. The molecular weight excluding hydrogens is 246 g/mol. The van der Waals surface area contributed by atoms with Gasteiger partial charge in [-0.05, 0) is 18.2 Å². The molecule has 0 radical (unpaired) electrons. The molecule has 0 spiro atoms. The maximum Gasteiger partial charge on any atom is 0.143 e. The molecular formula is C11H10ClNO2S. The first-order chi connectivity index (χ1) is 7.72. The number of aromatic nitrogens is 1. The number of halogens is 1. The second-order valence-corrected chi connectivity index (χ2v) is 4.91. The van der Waals surface area contributed by atoms with Gasteiger partial charge in [0.05, 0.1) is 17.6 Å². The number of hydrogen-bond donors (Lipinski definition) is 1. The van der Waals surface area contributed by atoms with E-state index < -0.39 is 6.10 Å². The summed E-state index contributed by atoms with van der Waals surface area (Å²) in [6.07, 6.45) is 2.47. The van der Waals surface area contributed by atoms with Crippen molar-refractivity contribution in [1.82, 2.24) is 4.98 Å². The largest absolute Gasteiger partial charge is 0.495 e. The molecule has 2 heterocycles. The van der Waals surface area contributed by atoms with Gasteiger partial charge in [-0.3, -0.25) is 4.98 Å². The molecule has 0 fully saturated rings. The van der Waals surface area contributed by atoms with E-state index in [1.807, 2.05) is 0 Å². The number of rotatable bonds is 3. The Balaban J connectivity index is 2.36. The lowest BCUT2D eigenvalue weighted by molar-refractivity contribution is 0.218. The second-order valence-electron chi connectivity index (χ2n) is 3.16. The van der Waals surface area contributed by atoms with Crippen molar-refractivity contribution in [3.05, 3.63) is 45.4 Å². The third kappa shape index (κ3) is 2.19. The Bertz CT molecular complexity index is 486. The summed E-state index contributed by atoms with van der Waals surface area (Å²) in [4.78, 5) is 4.73. The number of thiophene rings is 1. The van der Waals surface area contributed by atoms with Crippen LogP contribution >= 0.6 is 22.9 Å². The molecule has 0 aromatic carbocycles. The average molecular weight is 256 g/mol. The molecule has 0 aliphatic heterocycles. The van der Waals surface area contributed by atoms with E-state index in [1.165, 1.54) is 11.3 Å². The van der Waals surface area contributed by atoms with Crippen LogP contribution in [-0.4, -0.2) is 17.2 Å². The second kappa shape index (κ2) is 4.82. The smallest absolute Gasteiger partial charge is 0.143 e. The van der Waals surface area contributed by atoms with Gasteiger partial charge in [-0.15, -0.1) is 11.3 Å². The highest BCUT2D eigenvalue weighted by Crippen LogP contribution is 2.34. The molecule has 2 aromatic heterocycles. The predicted octanol–water partition coefficient (Wildman–Crippen LogP) is 2.89. The van der Waals surface area contributed by atoms with Crippen molar-refractivity contribution < 1.29 is 9.84 Å². The lowest BCUT2D eigenvalue weighted by Gasteiger charge is -2.12. The zero-order valence-electron chi connectivity index (χ0n) is 8.55. The van der Waals surface area contributed by atoms with Gasteiger partial charge >= 0.3 is 0 Å². The van der Waals surface area contributed by atoms with Crippen molar-refractivity contribution in [3.8, 4) is 5.75 Å². The Kier molecular flexibility index (Phi) is 3.43. The Hall–Kier alpha value is -1.10. The number of methoxy groups -OCH3 is 1. The van der Waals surface area contributed by atoms with E-state index in [9.17, 15) is 5.11 Å². The number of aliphatic hydroxyl groups is 1. The van der Waals surface area contributed by atoms with Crippen LogP contribution in [0.1, 0.15) is 16.5 Å². The molecule has 0 aliphatic rings. The van der Waals surface area contributed by atoms with E-state index in [-0.39, 0.29) is 0 Å². The van der Waals surface area contributed by atoms with Gasteiger partial charge in [0, 0.05) is 16.6 Å². The molecule has 1 N–H and O–H groups in total. The van der Waals surface area contributed by atoms with Gasteiger partial charge in [0.25, 0.3) is 0 Å². The van der Waals surface area contributed by atoms with Crippen LogP contribution in [0.2, 0.25) is 4.34 Å². The molecule has 0 aliphatic carbocycles. The Morgan fingerprint density at radius 3 is 2.88 bits per heavy atom. The van der Waals surface area contributed by atoms with Gasteiger partial charge in [-0.25, -0.2) is 0 Å². The highest BCUT2D eigenvalue weighted by molar-refractivity contribution is 7.16. The van der Waals surface area contributed by atoms with E-state index in [0.717, 1.165) is 4.88 Å². The Labute approximate surface area is 102 Å². The van der Waals surface area contributed by atoms with Crippen LogP contribution in [0.5, 0.6) is 5.75 Å². The van der Waals surface area contributed by atoms with Crippen LogP contribution in [0.25, 0.3) is 0 Å². The molecule has 0 saturated heterocycles. The summed E-state index contributed by atoms with van der Waals surface area (Å²) in [6, 6.07) is 5.30. The maximum absolute atomic E-state index is 10.2. The highest BCUT2D eigenvalue weighted by Gasteiger charge is 2.16. The highest BCUT2D eigenvalue weighted by atomic mass is 35.5. The molecule has 5 heteroatoms. The zero-order chi connectivity index (χ0) is 11.5. The molecule has 16 heavy (non-hydrogen) atoms. The fraction of sp³-hybridized carbons (Fsp3) is 0.182. The van der Waals surface area contributed by atoms with E-state index in [2.05, 4.69) is 4.98 Å². The van der Waals surface area contributed by atoms with Crippen LogP contribution < -0.4 is 4.74 Å². The molecule has 84 valence electrons. The van der Waals surface area contributed by atoms with Crippen molar-refractivity contribution in [1.29, 1.82) is 0 Å². The van der Waals surface area contributed by atoms with Gasteiger partial charge in [-0.1, -0.05) is 11.6 Å². The fourth-order valence-electron chi connectivity index (χ4n) is 1.42. The lowest BCUT2D eigenvalue weighted by atomic mass is 10.1. The first-order valence-corrected chi connectivity index (χ1v) is 5.83. The van der Waals surface area contributed by atoms with Gasteiger partial charge in [0.2, 0.25) is 0 Å². The van der Waals surface area contributed by atoms with Gasteiger partial charge in [-0.2, -0.15) is 0 Å². The number of hydrogen-bond acceptors (Lipinski definition) is 4. The van der Waals surface area contributed by atoms with E-state index >= 15 is 0 Å². The van der Waals surface area contributed by atoms with Crippen LogP contribution in [0.3, 0.4) is 0 Å². The quantitative estimate of drug-likeness (QED) is 0.917. The van der Waals surface area contributed by atoms with Gasteiger partial charge in [0.1, 0.15) is 11.9 Å². The minimum atomic E-state index is -0.726. The minimum Gasteiger partial charge on any atom is -0.495 e. The van der Waals surface area contributed by atoms with Gasteiger partial charge in [0.15, 0.2) is 0 Å². The molecule has 1 unspecified atom stereocenters. The number of pyridine rings is 1. The third-order valence-electron chi connectivity index (χ3n) is 2.19. The number of ether oxygens (including phenoxy) is 1. The molecule has 0 bridgehead atoms. The summed E-state index contributed by atoms with van der Waals surface area (Å²) in [5.41, 5.74) is 0.691. The summed E-state index contributed by atoms with van der Waals surface area (Å²) >= 11 is 7.18. The lowest BCUT2D eigenvalue weighted by Crippen LogP contribution is -2.00. The van der Waals surface area contributed by atoms with Crippen molar-refractivity contribution >= 4 is 22.9 Å². The predicted molar refractivity (Wildman–Crippen MR) is 64.2 cm³/mol. The molecule has 0 amide bonds. The van der Waals surface area contributed by atoms with Crippen LogP contribution in [0.15, 0.2) is 30.6 Å². The van der Waals surface area contributed by atoms with E-state index in [4.69, 9.17) is 16.3 Å². The molecule has 3 nitrogen and oxygen atoms in total. The summed E-state index contributed by atoms with van der Waals surface area (Å²) in [7, 11) is 1.55. The first kappa shape index (κ1) is 11.4. The minimum absolute atomic E-state index is 0.569. The molecule has 0 saturated carbocycles. The molecule has 2 rings (SSSR count). The number of aliphatic hydroxyl groups excluding tert-OH is 1. The maximum atomic E-state index is 10.2. The summed E-state index contributed by atoms with van der Waals surface area (Å²) in [6.45, 7) is 0. The molecule has 2 aromatic rings. The van der Waals surface area contributed by atoms with Crippen molar-refractivity contribution in [2.45, 2.75) is 6.10 Å². The van der Waals surface area contributed by atoms with Crippen molar-refractivity contribution in [2.75, 3.05) is 7.11 Å². The van der Waals surface area contributed by atoms with Crippen LogP contribution in [0, 0.1) is 0 Å². The molecule has 1 atom stereocenters. The van der Waals surface area contributed by atoms with Gasteiger partial charge < -0.3 is 9.84 Å². The topological polar surface area (TPSA) is 42.4 Å². The monoisotopic (exact) mass is 255 g/mol. The zero-order valence-corrected chi connectivity index (χ0v) is 10.1. The Morgan fingerprint density at radius 1 is 1.44 bits per heavy atom. The summed E-state index contributed by atoms with van der Waals surface area (Å²) in [5, 5.41) is 10.2. The number of nitrogens with zero attached hydrogens (tertiary/aromatic N) is 1. The van der Waals surface area contributed by atoms with Crippen molar-refractivity contribution in [3.63, 3.8) is 0 Å². The van der Waals surface area contributed by atoms with E-state index in [0.29, 0.717) is 15.6 Å². The summed E-state index contributed by atoms with van der Waals surface area (Å²) in [5.74, 6) is 0.569.